The van der Waals surface area contributed by atoms with Gasteiger partial charge >= 0.3 is 0 Å². The van der Waals surface area contributed by atoms with Gasteiger partial charge in [-0.1, -0.05) is 54.5 Å². The zero-order chi connectivity index (χ0) is 16.9. The number of nitrogens with one attached hydrogen (secondary N) is 1. The van der Waals surface area contributed by atoms with E-state index in [1.54, 1.807) is 11.3 Å². The molecule has 3 rings (SSSR count). The molecule has 1 aromatic heterocycles. The van der Waals surface area contributed by atoms with Crippen LogP contribution in [0, 0.1) is 13.8 Å². The zero-order valence-electron chi connectivity index (χ0n) is 14.2. The molecular weight excluding hydrogens is 338 g/mol. The number of hydrogen-bond acceptors (Lipinski definition) is 6. The standard InChI is InChI=1S/C18H23N3OS2/c1-12-8-9-14(10-13(12)2)16(22)11-23-18-21-20-17(24-18)19-15-6-4-3-5-7-15/h8-10,15H,3-7,11H2,1-2H3,(H,19,20). The number of aryl methyl sites for hydroxylation is 2. The summed E-state index contributed by atoms with van der Waals surface area (Å²) >= 11 is 3.02. The predicted octanol–water partition coefficient (Wildman–Crippen LogP) is 4.87. The van der Waals surface area contributed by atoms with Gasteiger partial charge in [0.15, 0.2) is 10.1 Å². The molecule has 1 N–H and O–H groups in total. The summed E-state index contributed by atoms with van der Waals surface area (Å²) in [6.07, 6.45) is 6.36. The Morgan fingerprint density at radius 3 is 2.75 bits per heavy atom. The second kappa shape index (κ2) is 8.12. The number of carbonyl (C=O) groups is 1. The Kier molecular flexibility index (Phi) is 5.89. The maximum atomic E-state index is 12.3. The van der Waals surface area contributed by atoms with E-state index in [4.69, 9.17) is 0 Å². The second-order valence-corrected chi connectivity index (χ2v) is 8.56. The lowest BCUT2D eigenvalue weighted by molar-refractivity contribution is 0.102. The van der Waals surface area contributed by atoms with Gasteiger partial charge in [-0.05, 0) is 43.9 Å². The fraction of sp³-hybridized carbons (Fsp3) is 0.500. The van der Waals surface area contributed by atoms with Crippen molar-refractivity contribution in [2.45, 2.75) is 56.3 Å². The Morgan fingerprint density at radius 2 is 2.00 bits per heavy atom. The zero-order valence-corrected chi connectivity index (χ0v) is 15.8. The molecule has 1 aliphatic carbocycles. The van der Waals surface area contributed by atoms with Gasteiger partial charge < -0.3 is 5.32 Å². The van der Waals surface area contributed by atoms with Gasteiger partial charge in [-0.15, -0.1) is 10.2 Å². The van der Waals surface area contributed by atoms with Gasteiger partial charge in [-0.3, -0.25) is 4.79 Å². The minimum Gasteiger partial charge on any atom is -0.357 e. The third-order valence-electron chi connectivity index (χ3n) is 4.49. The van der Waals surface area contributed by atoms with Crippen LogP contribution in [0.5, 0.6) is 0 Å². The van der Waals surface area contributed by atoms with Crippen molar-refractivity contribution < 1.29 is 4.79 Å². The third-order valence-corrected chi connectivity index (χ3v) is 6.48. The molecule has 0 amide bonds. The van der Waals surface area contributed by atoms with E-state index in [0.717, 1.165) is 20.6 Å². The van der Waals surface area contributed by atoms with Crippen molar-refractivity contribution >= 4 is 34.0 Å². The Hall–Kier alpha value is -1.40. The van der Waals surface area contributed by atoms with Gasteiger partial charge in [0.1, 0.15) is 0 Å². The number of aromatic nitrogens is 2. The maximum Gasteiger partial charge on any atom is 0.206 e. The molecule has 128 valence electrons. The first-order valence-corrected chi connectivity index (χ1v) is 10.3. The first-order chi connectivity index (χ1) is 11.6. The van der Waals surface area contributed by atoms with Gasteiger partial charge in [0.2, 0.25) is 5.13 Å². The van der Waals surface area contributed by atoms with E-state index in [9.17, 15) is 4.79 Å². The molecule has 1 fully saturated rings. The lowest BCUT2D eigenvalue weighted by Gasteiger charge is -2.21. The number of thioether (sulfide) groups is 1. The molecule has 4 nitrogen and oxygen atoms in total. The summed E-state index contributed by atoms with van der Waals surface area (Å²) < 4.78 is 0.852. The first kappa shape index (κ1) is 17.4. The van der Waals surface area contributed by atoms with Gasteiger partial charge in [-0.25, -0.2) is 0 Å². The average Bonchev–Trinajstić information content (AvgIpc) is 3.03. The highest BCUT2D eigenvalue weighted by Gasteiger charge is 2.16. The van der Waals surface area contributed by atoms with Crippen LogP contribution in [0.2, 0.25) is 0 Å². The molecule has 0 bridgehead atoms. The number of anilines is 1. The molecule has 1 aliphatic rings. The van der Waals surface area contributed by atoms with Gasteiger partial charge in [-0.2, -0.15) is 0 Å². The van der Waals surface area contributed by atoms with Crippen LogP contribution >= 0.6 is 23.1 Å². The minimum atomic E-state index is 0.139. The molecule has 0 radical (unpaired) electrons. The summed E-state index contributed by atoms with van der Waals surface area (Å²) in [6.45, 7) is 4.09. The van der Waals surface area contributed by atoms with E-state index in [1.165, 1.54) is 49.4 Å². The number of rotatable bonds is 6. The van der Waals surface area contributed by atoms with E-state index >= 15 is 0 Å². The molecule has 24 heavy (non-hydrogen) atoms. The highest BCUT2D eigenvalue weighted by molar-refractivity contribution is 8.01. The van der Waals surface area contributed by atoms with Crippen molar-refractivity contribution in [2.75, 3.05) is 11.1 Å². The molecule has 2 aromatic rings. The number of Topliss-reactive ketones (excluding diaryl/α,β-unsaturated/α-hetero) is 1. The van der Waals surface area contributed by atoms with Gasteiger partial charge in [0, 0.05) is 11.6 Å². The van der Waals surface area contributed by atoms with Crippen molar-refractivity contribution in [3.05, 3.63) is 34.9 Å². The Labute approximate surface area is 151 Å². The highest BCUT2D eigenvalue weighted by Crippen LogP contribution is 2.28. The highest BCUT2D eigenvalue weighted by atomic mass is 32.2. The van der Waals surface area contributed by atoms with E-state index in [0.29, 0.717) is 11.8 Å². The van der Waals surface area contributed by atoms with Crippen molar-refractivity contribution in [3.63, 3.8) is 0 Å². The molecule has 6 heteroatoms. The van der Waals surface area contributed by atoms with Crippen LogP contribution in [0.15, 0.2) is 22.5 Å². The molecule has 0 atom stereocenters. The first-order valence-electron chi connectivity index (χ1n) is 8.45. The van der Waals surface area contributed by atoms with Crippen LogP contribution in [0.3, 0.4) is 0 Å². The lowest BCUT2D eigenvalue weighted by atomic mass is 9.96. The van der Waals surface area contributed by atoms with Crippen LogP contribution < -0.4 is 5.32 Å². The Balaban J connectivity index is 1.52. The van der Waals surface area contributed by atoms with Crippen molar-refractivity contribution in [2.24, 2.45) is 0 Å². The molecule has 0 saturated heterocycles. The summed E-state index contributed by atoms with van der Waals surface area (Å²) in [6, 6.07) is 6.40. The largest absolute Gasteiger partial charge is 0.357 e. The van der Waals surface area contributed by atoms with Crippen molar-refractivity contribution in [1.29, 1.82) is 0 Å². The average molecular weight is 362 g/mol. The summed E-state index contributed by atoms with van der Waals surface area (Å²) in [5, 5.41) is 12.8. The SMILES string of the molecule is Cc1ccc(C(=O)CSc2nnc(NC3CCCCC3)s2)cc1C. The number of benzene rings is 1. The number of ketones is 1. The Bertz CT molecular complexity index is 708. The van der Waals surface area contributed by atoms with E-state index < -0.39 is 0 Å². The summed E-state index contributed by atoms with van der Waals surface area (Å²) in [5.41, 5.74) is 3.14. The molecule has 0 spiro atoms. The van der Waals surface area contributed by atoms with Crippen LogP contribution in [-0.4, -0.2) is 27.8 Å². The van der Waals surface area contributed by atoms with Crippen LogP contribution in [-0.2, 0) is 0 Å². The number of nitrogens with zero attached hydrogens (tertiary/aromatic N) is 2. The van der Waals surface area contributed by atoms with Crippen molar-refractivity contribution in [3.8, 4) is 0 Å². The lowest BCUT2D eigenvalue weighted by Crippen LogP contribution is -2.21. The fourth-order valence-electron chi connectivity index (χ4n) is 2.87. The number of hydrogen-bond donors (Lipinski definition) is 1. The molecule has 0 aliphatic heterocycles. The number of carbonyl (C=O) groups excluding carboxylic acids is 1. The summed E-state index contributed by atoms with van der Waals surface area (Å²) in [5.74, 6) is 0.542. The van der Waals surface area contributed by atoms with Gasteiger partial charge in [0.05, 0.1) is 5.75 Å². The minimum absolute atomic E-state index is 0.139. The third kappa shape index (κ3) is 4.57. The van der Waals surface area contributed by atoms with Crippen LogP contribution in [0.25, 0.3) is 0 Å². The molecule has 1 heterocycles. The molecule has 0 unspecified atom stereocenters. The molecule has 1 saturated carbocycles. The van der Waals surface area contributed by atoms with Crippen molar-refractivity contribution in [1.82, 2.24) is 10.2 Å². The maximum absolute atomic E-state index is 12.3. The quantitative estimate of drug-likeness (QED) is 0.587. The second-order valence-electron chi connectivity index (χ2n) is 6.36. The smallest absolute Gasteiger partial charge is 0.206 e. The van der Waals surface area contributed by atoms with E-state index in [1.807, 2.05) is 25.1 Å². The van der Waals surface area contributed by atoms with Gasteiger partial charge in [0.25, 0.3) is 0 Å². The fourth-order valence-corrected chi connectivity index (χ4v) is 4.60. The normalized spacial score (nSPS) is 15.4. The summed E-state index contributed by atoms with van der Waals surface area (Å²) in [7, 11) is 0. The summed E-state index contributed by atoms with van der Waals surface area (Å²) in [4.78, 5) is 12.3. The van der Waals surface area contributed by atoms with Crippen LogP contribution in [0.4, 0.5) is 5.13 Å². The predicted molar refractivity (Wildman–Crippen MR) is 101 cm³/mol. The van der Waals surface area contributed by atoms with Crippen LogP contribution in [0.1, 0.15) is 53.6 Å². The topological polar surface area (TPSA) is 54.9 Å². The monoisotopic (exact) mass is 361 g/mol. The molecule has 1 aromatic carbocycles. The van der Waals surface area contributed by atoms with E-state index in [2.05, 4.69) is 22.4 Å². The molecular formula is C18H23N3OS2. The Morgan fingerprint density at radius 1 is 1.21 bits per heavy atom. The van der Waals surface area contributed by atoms with E-state index in [-0.39, 0.29) is 5.78 Å².